The molecule has 0 aliphatic rings. The molecule has 0 aliphatic carbocycles. The second kappa shape index (κ2) is 9.36. The molecule has 0 spiro atoms. The first-order valence-corrected chi connectivity index (χ1v) is 11.1. The van der Waals surface area contributed by atoms with E-state index in [0.29, 0.717) is 11.1 Å². The van der Waals surface area contributed by atoms with Gasteiger partial charge in [-0.3, -0.25) is 0 Å². The van der Waals surface area contributed by atoms with Crippen LogP contribution in [0.1, 0.15) is 41.0 Å². The van der Waals surface area contributed by atoms with Crippen LogP contribution in [0.3, 0.4) is 0 Å². The van der Waals surface area contributed by atoms with Crippen LogP contribution in [-0.4, -0.2) is 4.98 Å². The second-order valence-electron chi connectivity index (χ2n) is 7.96. The molecule has 3 heteroatoms. The third kappa shape index (κ3) is 4.35. The van der Waals surface area contributed by atoms with Crippen LogP contribution in [0, 0.1) is 13.8 Å². The summed E-state index contributed by atoms with van der Waals surface area (Å²) in [5, 5.41) is 1.70. The van der Waals surface area contributed by atoms with E-state index in [4.69, 9.17) is 22.3 Å². The zero-order valence-corrected chi connectivity index (χ0v) is 18.7. The zero-order valence-electron chi connectivity index (χ0n) is 18.0. The maximum atomic E-state index is 6.67. The van der Waals surface area contributed by atoms with E-state index < -0.39 is 0 Å². The summed E-state index contributed by atoms with van der Waals surface area (Å²) in [6.07, 6.45) is 5.58. The summed E-state index contributed by atoms with van der Waals surface area (Å²) in [4.78, 5) is 4.74. The number of fused-ring (bicyclic) bond motifs is 1. The predicted molar refractivity (Wildman–Crippen MR) is 133 cm³/mol. The largest absolute Gasteiger partial charge is 0.405 e. The highest BCUT2D eigenvalue weighted by atomic mass is 35.5. The van der Waals surface area contributed by atoms with Crippen molar-refractivity contribution in [1.29, 1.82) is 0 Å². The van der Waals surface area contributed by atoms with E-state index in [9.17, 15) is 0 Å². The summed E-state index contributed by atoms with van der Waals surface area (Å²) < 4.78 is 0. The molecule has 0 fully saturated rings. The molecule has 1 unspecified atom stereocenters. The molecule has 0 amide bonds. The summed E-state index contributed by atoms with van der Waals surface area (Å²) in [6.45, 7) is 4.26. The van der Waals surface area contributed by atoms with Crippen molar-refractivity contribution in [2.24, 2.45) is 5.73 Å². The number of hydrogen-bond acceptors (Lipinski definition) is 2. The Morgan fingerprint density at radius 2 is 1.68 bits per heavy atom. The summed E-state index contributed by atoms with van der Waals surface area (Å²) in [5.74, 6) is 0.291. The third-order valence-electron chi connectivity index (χ3n) is 6.00. The molecule has 3 aromatic carbocycles. The molecule has 0 bridgehead atoms. The second-order valence-corrected chi connectivity index (χ2v) is 8.32. The number of rotatable bonds is 6. The van der Waals surface area contributed by atoms with Crippen molar-refractivity contribution in [1.82, 2.24) is 4.98 Å². The topological polar surface area (TPSA) is 38.9 Å². The molecule has 2 nitrogen and oxygen atoms in total. The summed E-state index contributed by atoms with van der Waals surface area (Å²) in [5.41, 5.74) is 13.6. The van der Waals surface area contributed by atoms with Gasteiger partial charge in [-0.05, 0) is 72.8 Å². The molecular weight excluding hydrogens is 400 g/mol. The van der Waals surface area contributed by atoms with E-state index >= 15 is 0 Å². The molecule has 1 atom stereocenters. The summed E-state index contributed by atoms with van der Waals surface area (Å²) in [7, 11) is 0. The van der Waals surface area contributed by atoms with Crippen molar-refractivity contribution in [2.75, 3.05) is 0 Å². The predicted octanol–water partition coefficient (Wildman–Crippen LogP) is 7.56. The fourth-order valence-electron chi connectivity index (χ4n) is 4.36. The van der Waals surface area contributed by atoms with Crippen molar-refractivity contribution >= 4 is 22.5 Å². The number of pyridine rings is 1. The molecule has 0 saturated heterocycles. The van der Waals surface area contributed by atoms with Gasteiger partial charge < -0.3 is 5.73 Å². The average Bonchev–Trinajstić information content (AvgIpc) is 2.79. The monoisotopic (exact) mass is 426 g/mol. The highest BCUT2D eigenvalue weighted by Gasteiger charge is 2.18. The fraction of sp³-hybridized carbons (Fsp3) is 0.179. The van der Waals surface area contributed by atoms with E-state index in [1.807, 2.05) is 6.08 Å². The zero-order chi connectivity index (χ0) is 21.8. The molecular formula is C28H27ClN2. The van der Waals surface area contributed by atoms with Gasteiger partial charge in [0.25, 0.3) is 0 Å². The number of nitrogens with zero attached hydrogens (tertiary/aromatic N) is 1. The highest BCUT2D eigenvalue weighted by Crippen LogP contribution is 2.38. The lowest BCUT2D eigenvalue weighted by molar-refractivity contribution is 0.728. The van der Waals surface area contributed by atoms with Crippen LogP contribution in [0.2, 0.25) is 5.15 Å². The molecule has 2 N–H and O–H groups in total. The number of benzene rings is 3. The van der Waals surface area contributed by atoms with Gasteiger partial charge in [-0.15, -0.1) is 0 Å². The first-order chi connectivity index (χ1) is 15.1. The van der Waals surface area contributed by atoms with Crippen LogP contribution in [0.4, 0.5) is 0 Å². The first-order valence-electron chi connectivity index (χ1n) is 10.7. The van der Waals surface area contributed by atoms with Gasteiger partial charge in [-0.25, -0.2) is 4.98 Å². The van der Waals surface area contributed by atoms with Gasteiger partial charge in [-0.1, -0.05) is 78.3 Å². The normalized spacial score (nSPS) is 12.5. The Morgan fingerprint density at radius 3 is 2.42 bits per heavy atom. The summed E-state index contributed by atoms with van der Waals surface area (Å²) in [6, 6.07) is 25.6. The van der Waals surface area contributed by atoms with Crippen LogP contribution in [-0.2, 0) is 0 Å². The lowest BCUT2D eigenvalue weighted by atomic mass is 9.86. The Balaban J connectivity index is 1.86. The fourth-order valence-corrected chi connectivity index (χ4v) is 4.69. The molecule has 0 aliphatic heterocycles. The van der Waals surface area contributed by atoms with Crippen LogP contribution < -0.4 is 5.73 Å². The van der Waals surface area contributed by atoms with E-state index in [1.54, 1.807) is 6.20 Å². The SMILES string of the molecule is Cc1ccccc1-c1c(Cl)nc2ccc(C(CC/C=C\N)c3ccccc3)cc2c1C. The van der Waals surface area contributed by atoms with Crippen molar-refractivity contribution in [3.8, 4) is 11.1 Å². The minimum atomic E-state index is 0.291. The van der Waals surface area contributed by atoms with Gasteiger partial charge in [0.05, 0.1) is 5.52 Å². The van der Waals surface area contributed by atoms with Gasteiger partial charge >= 0.3 is 0 Å². The maximum absolute atomic E-state index is 6.67. The van der Waals surface area contributed by atoms with E-state index in [2.05, 4.69) is 86.6 Å². The minimum Gasteiger partial charge on any atom is -0.405 e. The van der Waals surface area contributed by atoms with Crippen molar-refractivity contribution < 1.29 is 0 Å². The smallest absolute Gasteiger partial charge is 0.137 e. The number of hydrogen-bond donors (Lipinski definition) is 1. The number of aryl methyl sites for hydroxylation is 2. The first kappa shape index (κ1) is 21.1. The molecule has 0 radical (unpaired) electrons. The van der Waals surface area contributed by atoms with Crippen LogP contribution in [0.15, 0.2) is 85.1 Å². The van der Waals surface area contributed by atoms with E-state index in [1.165, 1.54) is 22.3 Å². The van der Waals surface area contributed by atoms with Gasteiger partial charge in [-0.2, -0.15) is 0 Å². The Labute approximate surface area is 189 Å². The number of nitrogens with two attached hydrogens (primary N) is 1. The minimum absolute atomic E-state index is 0.291. The van der Waals surface area contributed by atoms with Gasteiger partial charge in [0, 0.05) is 16.9 Å². The average molecular weight is 427 g/mol. The maximum Gasteiger partial charge on any atom is 0.137 e. The molecule has 156 valence electrons. The Hall–Kier alpha value is -3.10. The third-order valence-corrected chi connectivity index (χ3v) is 6.27. The van der Waals surface area contributed by atoms with Crippen molar-refractivity contribution in [3.63, 3.8) is 0 Å². The molecule has 0 saturated carbocycles. The Bertz CT molecular complexity index is 1230. The summed E-state index contributed by atoms with van der Waals surface area (Å²) >= 11 is 6.67. The van der Waals surface area contributed by atoms with Crippen molar-refractivity contribution in [2.45, 2.75) is 32.6 Å². The molecule has 1 heterocycles. The highest BCUT2D eigenvalue weighted by molar-refractivity contribution is 6.33. The molecule has 31 heavy (non-hydrogen) atoms. The van der Waals surface area contributed by atoms with Crippen LogP contribution in [0.25, 0.3) is 22.0 Å². The van der Waals surface area contributed by atoms with Gasteiger partial charge in [0.1, 0.15) is 5.15 Å². The van der Waals surface area contributed by atoms with E-state index in [-0.39, 0.29) is 0 Å². The molecule has 4 aromatic rings. The molecule has 4 rings (SSSR count). The lowest BCUT2D eigenvalue weighted by Crippen LogP contribution is -2.02. The Morgan fingerprint density at radius 1 is 0.935 bits per heavy atom. The van der Waals surface area contributed by atoms with Gasteiger partial charge in [0.15, 0.2) is 0 Å². The standard InChI is InChI=1S/C28H27ClN2/c1-19-10-6-7-13-23(19)27-20(2)25-18-22(15-16-26(25)31-28(27)29)24(14-8-9-17-30)21-11-4-3-5-12-21/h3-7,9-13,15-18,24H,8,14,30H2,1-2H3/b17-9-. The van der Waals surface area contributed by atoms with Crippen LogP contribution in [0.5, 0.6) is 0 Å². The number of allylic oxidation sites excluding steroid dienone is 1. The number of aromatic nitrogens is 1. The lowest BCUT2D eigenvalue weighted by Gasteiger charge is -2.19. The Kier molecular flexibility index (Phi) is 6.39. The van der Waals surface area contributed by atoms with Crippen molar-refractivity contribution in [3.05, 3.63) is 112 Å². The number of halogens is 1. The molecule has 1 aromatic heterocycles. The van der Waals surface area contributed by atoms with Gasteiger partial charge in [0.2, 0.25) is 0 Å². The van der Waals surface area contributed by atoms with Crippen LogP contribution >= 0.6 is 11.6 Å². The quantitative estimate of drug-likeness (QED) is 0.323. The van der Waals surface area contributed by atoms with E-state index in [0.717, 1.165) is 34.9 Å².